The van der Waals surface area contributed by atoms with Crippen molar-refractivity contribution in [1.82, 2.24) is 25.8 Å². The third-order valence-electron chi connectivity index (χ3n) is 2.56. The molecule has 0 aromatic carbocycles. The van der Waals surface area contributed by atoms with Crippen LogP contribution in [-0.2, 0) is 11.3 Å². The van der Waals surface area contributed by atoms with Gasteiger partial charge < -0.3 is 10.6 Å². The van der Waals surface area contributed by atoms with Crippen molar-refractivity contribution in [1.29, 1.82) is 0 Å². The van der Waals surface area contributed by atoms with Gasteiger partial charge in [0.05, 0.1) is 12.5 Å². The maximum Gasteiger partial charge on any atom is 0.224 e. The van der Waals surface area contributed by atoms with E-state index in [9.17, 15) is 4.79 Å². The van der Waals surface area contributed by atoms with Crippen molar-refractivity contribution in [3.8, 4) is 0 Å². The number of nitrogens with one attached hydrogen (secondary N) is 3. The number of H-pyrrole nitrogens is 1. The second kappa shape index (κ2) is 4.88. The molecular formula is C9H15N5O. The van der Waals surface area contributed by atoms with Gasteiger partial charge in [0.15, 0.2) is 0 Å². The predicted molar refractivity (Wildman–Crippen MR) is 53.8 cm³/mol. The van der Waals surface area contributed by atoms with Crippen LogP contribution in [0.25, 0.3) is 0 Å². The molecule has 1 aliphatic heterocycles. The van der Waals surface area contributed by atoms with Crippen LogP contribution in [0.1, 0.15) is 18.7 Å². The Labute approximate surface area is 87.9 Å². The largest absolute Gasteiger partial charge is 0.349 e. The smallest absolute Gasteiger partial charge is 0.224 e. The van der Waals surface area contributed by atoms with Crippen LogP contribution in [-0.4, -0.2) is 34.2 Å². The van der Waals surface area contributed by atoms with Crippen LogP contribution in [0.3, 0.4) is 0 Å². The maximum absolute atomic E-state index is 11.7. The third kappa shape index (κ3) is 2.76. The summed E-state index contributed by atoms with van der Waals surface area (Å²) in [4.78, 5) is 15.6. The fraction of sp³-hybridized carbons (Fsp3) is 0.667. The van der Waals surface area contributed by atoms with Crippen molar-refractivity contribution in [3.63, 3.8) is 0 Å². The summed E-state index contributed by atoms with van der Waals surface area (Å²) in [5, 5.41) is 12.5. The monoisotopic (exact) mass is 209 g/mol. The highest BCUT2D eigenvalue weighted by Gasteiger charge is 2.20. The van der Waals surface area contributed by atoms with Gasteiger partial charge in [-0.1, -0.05) is 0 Å². The Kier molecular flexibility index (Phi) is 3.29. The minimum Gasteiger partial charge on any atom is -0.349 e. The van der Waals surface area contributed by atoms with Gasteiger partial charge >= 0.3 is 0 Å². The zero-order valence-corrected chi connectivity index (χ0v) is 8.49. The molecule has 15 heavy (non-hydrogen) atoms. The van der Waals surface area contributed by atoms with Gasteiger partial charge in [0.1, 0.15) is 12.2 Å². The molecule has 0 spiro atoms. The Balaban J connectivity index is 1.76. The maximum atomic E-state index is 11.7. The van der Waals surface area contributed by atoms with Gasteiger partial charge in [-0.25, -0.2) is 4.98 Å². The number of amides is 1. The molecule has 1 aromatic heterocycles. The highest BCUT2D eigenvalue weighted by atomic mass is 16.1. The molecule has 0 aliphatic carbocycles. The van der Waals surface area contributed by atoms with Gasteiger partial charge in [-0.2, -0.15) is 5.10 Å². The van der Waals surface area contributed by atoms with Gasteiger partial charge in [-0.3, -0.25) is 9.89 Å². The van der Waals surface area contributed by atoms with Crippen LogP contribution in [0.15, 0.2) is 6.33 Å². The van der Waals surface area contributed by atoms with Crippen molar-refractivity contribution in [2.75, 3.05) is 13.1 Å². The first-order valence-electron chi connectivity index (χ1n) is 5.19. The van der Waals surface area contributed by atoms with Gasteiger partial charge in [0.25, 0.3) is 0 Å². The molecule has 1 saturated heterocycles. The normalized spacial score (nSPS) is 21.2. The molecular weight excluding hydrogens is 194 g/mol. The van der Waals surface area contributed by atoms with Gasteiger partial charge in [0.2, 0.25) is 5.91 Å². The molecule has 1 fully saturated rings. The van der Waals surface area contributed by atoms with Crippen LogP contribution in [0.4, 0.5) is 0 Å². The average Bonchev–Trinajstić information content (AvgIpc) is 2.80. The van der Waals surface area contributed by atoms with Crippen molar-refractivity contribution >= 4 is 5.91 Å². The first-order chi connectivity index (χ1) is 7.36. The first kappa shape index (κ1) is 10.1. The van der Waals surface area contributed by atoms with Crippen molar-refractivity contribution < 1.29 is 4.79 Å². The molecule has 1 aliphatic rings. The van der Waals surface area contributed by atoms with Gasteiger partial charge in [-0.05, 0) is 19.4 Å². The molecule has 2 heterocycles. The molecule has 6 heteroatoms. The zero-order chi connectivity index (χ0) is 10.5. The lowest BCUT2D eigenvalue weighted by Gasteiger charge is -2.21. The molecule has 1 unspecified atom stereocenters. The van der Waals surface area contributed by atoms with Gasteiger partial charge in [-0.15, -0.1) is 0 Å². The fourth-order valence-electron chi connectivity index (χ4n) is 1.71. The van der Waals surface area contributed by atoms with Gasteiger partial charge in [0, 0.05) is 6.54 Å². The van der Waals surface area contributed by atoms with E-state index in [1.165, 1.54) is 6.33 Å². The molecule has 3 N–H and O–H groups in total. The van der Waals surface area contributed by atoms with E-state index in [-0.39, 0.29) is 11.8 Å². The Morgan fingerprint density at radius 1 is 1.67 bits per heavy atom. The minimum atomic E-state index is 0.0959. The Hall–Kier alpha value is -1.43. The van der Waals surface area contributed by atoms with Crippen LogP contribution in [0.2, 0.25) is 0 Å². The zero-order valence-electron chi connectivity index (χ0n) is 8.49. The molecule has 6 nitrogen and oxygen atoms in total. The van der Waals surface area contributed by atoms with E-state index in [1.807, 2.05) is 0 Å². The second-order valence-electron chi connectivity index (χ2n) is 3.69. The lowest BCUT2D eigenvalue weighted by Crippen LogP contribution is -2.40. The predicted octanol–water partition coefficient (Wildman–Crippen LogP) is -0.580. The number of hydrogen-bond acceptors (Lipinski definition) is 4. The van der Waals surface area contributed by atoms with Crippen LogP contribution >= 0.6 is 0 Å². The molecule has 0 bridgehead atoms. The highest BCUT2D eigenvalue weighted by molar-refractivity contribution is 5.78. The molecule has 0 saturated carbocycles. The first-order valence-corrected chi connectivity index (χ1v) is 5.19. The summed E-state index contributed by atoms with van der Waals surface area (Å²) in [5.74, 6) is 0.882. The Bertz CT molecular complexity index is 304. The number of carbonyl (C=O) groups is 1. The van der Waals surface area contributed by atoms with E-state index >= 15 is 0 Å². The number of rotatable bonds is 3. The number of aromatic nitrogens is 3. The molecule has 82 valence electrons. The average molecular weight is 209 g/mol. The lowest BCUT2D eigenvalue weighted by molar-refractivity contribution is -0.125. The summed E-state index contributed by atoms with van der Waals surface area (Å²) in [6, 6.07) is 0. The molecule has 1 atom stereocenters. The highest BCUT2D eigenvalue weighted by Crippen LogP contribution is 2.09. The molecule has 0 radical (unpaired) electrons. The Morgan fingerprint density at radius 2 is 2.60 bits per heavy atom. The third-order valence-corrected chi connectivity index (χ3v) is 2.56. The van der Waals surface area contributed by atoms with Crippen molar-refractivity contribution in [2.24, 2.45) is 5.92 Å². The summed E-state index contributed by atoms with van der Waals surface area (Å²) >= 11 is 0. The lowest BCUT2D eigenvalue weighted by atomic mass is 9.99. The van der Waals surface area contributed by atoms with Crippen LogP contribution in [0.5, 0.6) is 0 Å². The summed E-state index contributed by atoms with van der Waals surface area (Å²) < 4.78 is 0. The van der Waals surface area contributed by atoms with E-state index in [4.69, 9.17) is 0 Å². The quantitative estimate of drug-likeness (QED) is 0.622. The topological polar surface area (TPSA) is 82.7 Å². The number of piperidine rings is 1. The number of aromatic amines is 1. The van der Waals surface area contributed by atoms with E-state index in [1.54, 1.807) is 0 Å². The minimum absolute atomic E-state index is 0.0959. The summed E-state index contributed by atoms with van der Waals surface area (Å²) in [6.45, 7) is 2.23. The Morgan fingerprint density at radius 3 is 3.27 bits per heavy atom. The number of carbonyl (C=O) groups excluding carboxylic acids is 1. The van der Waals surface area contributed by atoms with Crippen molar-refractivity contribution in [3.05, 3.63) is 12.2 Å². The molecule has 2 rings (SSSR count). The van der Waals surface area contributed by atoms with E-state index < -0.39 is 0 Å². The summed E-state index contributed by atoms with van der Waals surface area (Å²) in [7, 11) is 0. The number of nitrogens with zero attached hydrogens (tertiary/aromatic N) is 2. The molecule has 1 amide bonds. The standard InChI is InChI=1S/C9H15N5O/c15-9(7-2-1-3-10-4-7)11-5-8-12-6-13-14-8/h6-7,10H,1-5H2,(H,11,15)(H,12,13,14). The number of hydrogen-bond donors (Lipinski definition) is 3. The summed E-state index contributed by atoms with van der Waals surface area (Å²) in [6.07, 6.45) is 3.47. The van der Waals surface area contributed by atoms with Crippen molar-refractivity contribution in [2.45, 2.75) is 19.4 Å². The summed E-state index contributed by atoms with van der Waals surface area (Å²) in [5.41, 5.74) is 0. The fourth-order valence-corrected chi connectivity index (χ4v) is 1.71. The second-order valence-corrected chi connectivity index (χ2v) is 3.69. The SMILES string of the molecule is O=C(NCc1ncn[nH]1)C1CCCNC1. The van der Waals surface area contributed by atoms with E-state index in [0.29, 0.717) is 12.4 Å². The van der Waals surface area contributed by atoms with E-state index in [0.717, 1.165) is 25.9 Å². The van der Waals surface area contributed by atoms with E-state index in [2.05, 4.69) is 25.8 Å². The van der Waals surface area contributed by atoms with Crippen LogP contribution in [0, 0.1) is 5.92 Å². The van der Waals surface area contributed by atoms with Crippen LogP contribution < -0.4 is 10.6 Å². The molecule has 1 aromatic rings.